The fourth-order valence-electron chi connectivity index (χ4n) is 3.39. The van der Waals surface area contributed by atoms with Gasteiger partial charge in [-0.1, -0.05) is 12.1 Å². The number of hydrogen-bond donors (Lipinski definition) is 2. The van der Waals surface area contributed by atoms with E-state index in [1.807, 2.05) is 25.1 Å². The summed E-state index contributed by atoms with van der Waals surface area (Å²) in [6.07, 6.45) is 0.237. The van der Waals surface area contributed by atoms with E-state index >= 15 is 0 Å². The maximum absolute atomic E-state index is 12.6. The predicted molar refractivity (Wildman–Crippen MR) is 90.4 cm³/mol. The van der Waals surface area contributed by atoms with Gasteiger partial charge in [0.25, 0.3) is 0 Å². The first kappa shape index (κ1) is 17.2. The Morgan fingerprint density at radius 3 is 2.52 bits per heavy atom. The first-order valence-electron chi connectivity index (χ1n) is 8.24. The molecule has 8 nitrogen and oxygen atoms in total. The summed E-state index contributed by atoms with van der Waals surface area (Å²) in [5.41, 5.74) is 0.288. The molecule has 0 radical (unpaired) electrons. The van der Waals surface area contributed by atoms with Crippen LogP contribution in [-0.2, 0) is 27.4 Å². The second-order valence-electron chi connectivity index (χ2n) is 6.30. The van der Waals surface area contributed by atoms with Crippen LogP contribution in [0.4, 0.5) is 0 Å². The van der Waals surface area contributed by atoms with Crippen LogP contribution in [0.2, 0.25) is 0 Å². The van der Waals surface area contributed by atoms with Crippen molar-refractivity contribution in [2.24, 2.45) is 0 Å². The SMILES string of the molecule is CCn1c(=O)n(CC(=O)NC2(CC(=O)O)CCOC2)c2ccccc21. The molecular formula is C17H21N3O5. The topological polar surface area (TPSA) is 103 Å². The number of carboxylic acids is 1. The molecule has 0 spiro atoms. The third kappa shape index (κ3) is 3.30. The van der Waals surface area contributed by atoms with Crippen LogP contribution < -0.4 is 11.0 Å². The number of fused-ring (bicyclic) bond motifs is 1. The van der Waals surface area contributed by atoms with E-state index in [0.29, 0.717) is 25.1 Å². The summed E-state index contributed by atoms with van der Waals surface area (Å²) in [5, 5.41) is 11.9. The van der Waals surface area contributed by atoms with Gasteiger partial charge in [-0.3, -0.25) is 18.7 Å². The number of aromatic nitrogens is 2. The maximum atomic E-state index is 12.6. The molecule has 8 heteroatoms. The maximum Gasteiger partial charge on any atom is 0.329 e. The number of nitrogens with one attached hydrogen (secondary N) is 1. The summed E-state index contributed by atoms with van der Waals surface area (Å²) in [5.74, 6) is -1.39. The quantitative estimate of drug-likeness (QED) is 0.795. The lowest BCUT2D eigenvalue weighted by Gasteiger charge is -2.27. The molecule has 1 aromatic heterocycles. The number of imidazole rings is 1. The molecule has 2 aromatic rings. The molecule has 1 saturated heterocycles. The van der Waals surface area contributed by atoms with Crippen LogP contribution in [0, 0.1) is 0 Å². The van der Waals surface area contributed by atoms with Gasteiger partial charge >= 0.3 is 11.7 Å². The minimum Gasteiger partial charge on any atom is -0.481 e. The fourth-order valence-corrected chi connectivity index (χ4v) is 3.39. The van der Waals surface area contributed by atoms with E-state index in [4.69, 9.17) is 9.84 Å². The Hall–Kier alpha value is -2.61. The first-order valence-corrected chi connectivity index (χ1v) is 8.24. The van der Waals surface area contributed by atoms with Gasteiger partial charge in [0, 0.05) is 13.2 Å². The molecule has 25 heavy (non-hydrogen) atoms. The molecule has 1 fully saturated rings. The molecule has 1 aliphatic heterocycles. The number of benzene rings is 1. The van der Waals surface area contributed by atoms with Crippen LogP contribution >= 0.6 is 0 Å². The molecule has 1 atom stereocenters. The standard InChI is InChI=1S/C17H21N3O5/c1-2-19-12-5-3-4-6-13(12)20(16(19)24)10-14(21)18-17(9-15(22)23)7-8-25-11-17/h3-6H,2,7-11H2,1H3,(H,18,21)(H,22,23). The third-order valence-corrected chi connectivity index (χ3v) is 4.54. The highest BCUT2D eigenvalue weighted by Gasteiger charge is 2.38. The van der Waals surface area contributed by atoms with Crippen LogP contribution in [0.1, 0.15) is 19.8 Å². The number of aliphatic carboxylic acids is 1. The molecule has 1 amide bonds. The van der Waals surface area contributed by atoms with Gasteiger partial charge in [-0.25, -0.2) is 4.79 Å². The molecule has 3 rings (SSSR count). The van der Waals surface area contributed by atoms with E-state index in [0.717, 1.165) is 5.52 Å². The van der Waals surface area contributed by atoms with E-state index in [9.17, 15) is 14.4 Å². The molecule has 1 unspecified atom stereocenters. The van der Waals surface area contributed by atoms with Crippen LogP contribution in [0.25, 0.3) is 11.0 Å². The third-order valence-electron chi connectivity index (χ3n) is 4.54. The number of para-hydroxylation sites is 2. The molecule has 0 saturated carbocycles. The second kappa shape index (κ2) is 6.72. The average molecular weight is 347 g/mol. The number of rotatable bonds is 6. The van der Waals surface area contributed by atoms with Crippen molar-refractivity contribution in [1.29, 1.82) is 0 Å². The normalized spacial score (nSPS) is 20.0. The van der Waals surface area contributed by atoms with Crippen molar-refractivity contribution in [2.75, 3.05) is 13.2 Å². The molecule has 0 aliphatic carbocycles. The van der Waals surface area contributed by atoms with Gasteiger partial charge in [-0.15, -0.1) is 0 Å². The van der Waals surface area contributed by atoms with Gasteiger partial charge in [0.05, 0.1) is 29.6 Å². The van der Waals surface area contributed by atoms with Gasteiger partial charge in [-0.05, 0) is 25.5 Å². The Balaban J connectivity index is 1.86. The Labute approximate surface area is 144 Å². The summed E-state index contributed by atoms with van der Waals surface area (Å²) >= 11 is 0. The number of carbonyl (C=O) groups excluding carboxylic acids is 1. The van der Waals surface area contributed by atoms with E-state index < -0.39 is 17.4 Å². The lowest BCUT2D eigenvalue weighted by molar-refractivity contribution is -0.139. The van der Waals surface area contributed by atoms with Crippen molar-refractivity contribution in [2.45, 2.75) is 38.4 Å². The molecule has 1 aromatic carbocycles. The summed E-state index contributed by atoms with van der Waals surface area (Å²) in [7, 11) is 0. The number of nitrogens with zero attached hydrogens (tertiary/aromatic N) is 2. The fraction of sp³-hybridized carbons (Fsp3) is 0.471. The lowest BCUT2D eigenvalue weighted by atomic mass is 9.94. The smallest absolute Gasteiger partial charge is 0.329 e. The van der Waals surface area contributed by atoms with Crippen molar-refractivity contribution in [3.63, 3.8) is 0 Å². The van der Waals surface area contributed by atoms with E-state index in [1.165, 1.54) is 4.57 Å². The highest BCUT2D eigenvalue weighted by Crippen LogP contribution is 2.23. The second-order valence-corrected chi connectivity index (χ2v) is 6.30. The van der Waals surface area contributed by atoms with Crippen molar-refractivity contribution >= 4 is 22.9 Å². The lowest BCUT2D eigenvalue weighted by Crippen LogP contribution is -2.51. The number of ether oxygens (including phenoxy) is 1. The highest BCUT2D eigenvalue weighted by molar-refractivity contribution is 5.82. The minimum absolute atomic E-state index is 0.159. The zero-order valence-electron chi connectivity index (χ0n) is 14.0. The van der Waals surface area contributed by atoms with Gasteiger partial charge in [0.1, 0.15) is 6.54 Å². The van der Waals surface area contributed by atoms with Gasteiger partial charge in [0.2, 0.25) is 5.91 Å². The predicted octanol–water partition coefficient (Wildman–Crippen LogP) is 0.573. The number of hydrogen-bond acceptors (Lipinski definition) is 4. The van der Waals surface area contributed by atoms with Gasteiger partial charge < -0.3 is 15.2 Å². The monoisotopic (exact) mass is 347 g/mol. The van der Waals surface area contributed by atoms with Gasteiger partial charge in [-0.2, -0.15) is 0 Å². The number of carbonyl (C=O) groups is 2. The van der Waals surface area contributed by atoms with Crippen LogP contribution in [-0.4, -0.2) is 44.9 Å². The first-order chi connectivity index (χ1) is 12.0. The van der Waals surface area contributed by atoms with Crippen molar-refractivity contribution in [3.05, 3.63) is 34.7 Å². The molecule has 0 bridgehead atoms. The Kier molecular flexibility index (Phi) is 4.63. The largest absolute Gasteiger partial charge is 0.481 e. The molecule has 2 N–H and O–H groups in total. The zero-order valence-corrected chi connectivity index (χ0v) is 14.0. The highest BCUT2D eigenvalue weighted by atomic mass is 16.5. The molecule has 2 heterocycles. The van der Waals surface area contributed by atoms with Gasteiger partial charge in [0.15, 0.2) is 0 Å². The Morgan fingerprint density at radius 2 is 1.96 bits per heavy atom. The van der Waals surface area contributed by atoms with Crippen molar-refractivity contribution < 1.29 is 19.4 Å². The van der Waals surface area contributed by atoms with Crippen LogP contribution in [0.15, 0.2) is 29.1 Å². The Bertz CT molecular complexity index is 861. The van der Waals surface area contributed by atoms with Crippen LogP contribution in [0.5, 0.6) is 0 Å². The molecule has 1 aliphatic rings. The average Bonchev–Trinajstić information content (AvgIpc) is 3.10. The summed E-state index contributed by atoms with van der Waals surface area (Å²) < 4.78 is 8.30. The number of carboxylic acid groups (broad SMARTS) is 1. The Morgan fingerprint density at radius 1 is 1.28 bits per heavy atom. The number of amides is 1. The van der Waals surface area contributed by atoms with Crippen molar-refractivity contribution in [1.82, 2.24) is 14.5 Å². The summed E-state index contributed by atoms with van der Waals surface area (Å²) in [6.45, 7) is 2.79. The zero-order chi connectivity index (χ0) is 18.0. The van der Waals surface area contributed by atoms with Crippen LogP contribution in [0.3, 0.4) is 0 Å². The summed E-state index contributed by atoms with van der Waals surface area (Å²) in [6, 6.07) is 7.29. The molecular weight excluding hydrogens is 326 g/mol. The van der Waals surface area contributed by atoms with E-state index in [2.05, 4.69) is 5.32 Å². The van der Waals surface area contributed by atoms with E-state index in [-0.39, 0.29) is 25.3 Å². The molecule has 134 valence electrons. The number of aryl methyl sites for hydroxylation is 1. The van der Waals surface area contributed by atoms with E-state index in [1.54, 1.807) is 10.6 Å². The van der Waals surface area contributed by atoms with Crippen molar-refractivity contribution in [3.8, 4) is 0 Å². The summed E-state index contributed by atoms with van der Waals surface area (Å²) in [4.78, 5) is 36.2. The minimum atomic E-state index is -0.995.